The molecule has 1 aliphatic heterocycles. The first-order valence-corrected chi connectivity index (χ1v) is 5.51. The molecule has 0 spiro atoms. The maximum Gasteiger partial charge on any atom is 0.129 e. The van der Waals surface area contributed by atoms with E-state index in [-0.39, 0.29) is 0 Å². The van der Waals surface area contributed by atoms with E-state index in [2.05, 4.69) is 29.0 Å². The monoisotopic (exact) mass is 217 g/mol. The molecule has 1 unspecified atom stereocenters. The Kier molecular flexibility index (Phi) is 2.02. The van der Waals surface area contributed by atoms with Crippen molar-refractivity contribution in [3.8, 4) is 0 Å². The number of H-pyrrole nitrogens is 1. The number of benzene rings is 1. The number of hydrogen-bond donors (Lipinski definition) is 2. The molecule has 2 heterocycles. The summed E-state index contributed by atoms with van der Waals surface area (Å²) in [5.41, 5.74) is 9.06. The molecule has 4 nitrogen and oxygen atoms in total. The predicted octanol–water partition coefficient (Wildman–Crippen LogP) is 1.45. The number of aromatic nitrogens is 2. The molecular weight excluding hydrogens is 202 g/mol. The lowest BCUT2D eigenvalue weighted by molar-refractivity contribution is 0.176. The summed E-state index contributed by atoms with van der Waals surface area (Å²) in [5.74, 6) is 0.839. The Morgan fingerprint density at radius 1 is 1.50 bits per heavy atom. The number of nitrogens with one attached hydrogen (secondary N) is 1. The summed E-state index contributed by atoms with van der Waals surface area (Å²) in [6.45, 7) is 3.33. The molecule has 1 aliphatic rings. The molecule has 3 N–H and O–H groups in total. The van der Waals surface area contributed by atoms with E-state index in [1.54, 1.807) is 0 Å². The van der Waals surface area contributed by atoms with Gasteiger partial charge in [0.25, 0.3) is 0 Å². The molecule has 0 saturated carbocycles. The fraction of sp³-hybridized carbons (Fsp3) is 0.417. The van der Waals surface area contributed by atoms with Crippen LogP contribution in [0, 0.1) is 6.92 Å². The normalized spacial score (nSPS) is 25.4. The molecule has 1 saturated heterocycles. The molecule has 4 heteroatoms. The van der Waals surface area contributed by atoms with Crippen molar-refractivity contribution < 1.29 is 4.74 Å². The summed E-state index contributed by atoms with van der Waals surface area (Å²) in [7, 11) is 0. The zero-order valence-corrected chi connectivity index (χ0v) is 9.29. The molecular formula is C12H15N3O. The van der Waals surface area contributed by atoms with Gasteiger partial charge in [-0.3, -0.25) is 0 Å². The Balaban J connectivity index is 2.11. The number of hydrogen-bond acceptors (Lipinski definition) is 3. The third-order valence-corrected chi connectivity index (χ3v) is 3.16. The smallest absolute Gasteiger partial charge is 0.129 e. The van der Waals surface area contributed by atoms with Gasteiger partial charge >= 0.3 is 0 Å². The lowest BCUT2D eigenvalue weighted by atomic mass is 10.00. The van der Waals surface area contributed by atoms with Gasteiger partial charge in [-0.05, 0) is 31.0 Å². The summed E-state index contributed by atoms with van der Waals surface area (Å²) in [6, 6.07) is 6.16. The van der Waals surface area contributed by atoms with Gasteiger partial charge in [0.1, 0.15) is 11.4 Å². The minimum Gasteiger partial charge on any atom is -0.379 e. The van der Waals surface area contributed by atoms with E-state index in [0.717, 1.165) is 23.3 Å². The number of fused-ring (bicyclic) bond motifs is 1. The van der Waals surface area contributed by atoms with E-state index in [1.807, 2.05) is 6.07 Å². The molecule has 16 heavy (non-hydrogen) atoms. The van der Waals surface area contributed by atoms with Crippen LogP contribution in [-0.4, -0.2) is 23.2 Å². The van der Waals surface area contributed by atoms with Crippen molar-refractivity contribution in [1.82, 2.24) is 9.97 Å². The molecule has 1 aromatic heterocycles. The molecule has 0 radical (unpaired) electrons. The molecule has 1 fully saturated rings. The average molecular weight is 217 g/mol. The highest BCUT2D eigenvalue weighted by Crippen LogP contribution is 2.27. The zero-order valence-electron chi connectivity index (χ0n) is 9.29. The molecule has 0 amide bonds. The van der Waals surface area contributed by atoms with Crippen molar-refractivity contribution >= 4 is 11.0 Å². The first-order chi connectivity index (χ1) is 7.67. The molecule has 0 bridgehead atoms. The summed E-state index contributed by atoms with van der Waals surface area (Å²) in [4.78, 5) is 7.85. The second-order valence-electron chi connectivity index (χ2n) is 4.56. The van der Waals surface area contributed by atoms with Crippen LogP contribution < -0.4 is 5.73 Å². The number of aromatic amines is 1. The number of nitrogens with zero attached hydrogens (tertiary/aromatic N) is 1. The lowest BCUT2D eigenvalue weighted by Gasteiger charge is -2.17. The van der Waals surface area contributed by atoms with Gasteiger partial charge in [0.05, 0.1) is 17.6 Å². The fourth-order valence-corrected chi connectivity index (χ4v) is 2.13. The number of imidazole rings is 1. The van der Waals surface area contributed by atoms with Crippen molar-refractivity contribution in [2.75, 3.05) is 13.2 Å². The Labute approximate surface area is 93.8 Å². The number of ether oxygens (including phenoxy) is 1. The van der Waals surface area contributed by atoms with Crippen LogP contribution in [0.1, 0.15) is 17.8 Å². The maximum atomic E-state index is 6.26. The van der Waals surface area contributed by atoms with Gasteiger partial charge in [0.15, 0.2) is 0 Å². The van der Waals surface area contributed by atoms with Crippen LogP contribution in [0.25, 0.3) is 11.0 Å². The van der Waals surface area contributed by atoms with E-state index in [0.29, 0.717) is 13.2 Å². The zero-order chi connectivity index (χ0) is 11.2. The van der Waals surface area contributed by atoms with Crippen LogP contribution >= 0.6 is 0 Å². The highest BCUT2D eigenvalue weighted by Gasteiger charge is 2.35. The lowest BCUT2D eigenvalue weighted by Crippen LogP contribution is -2.38. The van der Waals surface area contributed by atoms with Crippen molar-refractivity contribution in [2.24, 2.45) is 5.73 Å². The van der Waals surface area contributed by atoms with Crippen molar-refractivity contribution in [3.63, 3.8) is 0 Å². The first kappa shape index (κ1) is 9.81. The summed E-state index contributed by atoms with van der Waals surface area (Å²) < 4.78 is 5.35. The topological polar surface area (TPSA) is 63.9 Å². The Morgan fingerprint density at radius 2 is 2.38 bits per heavy atom. The fourth-order valence-electron chi connectivity index (χ4n) is 2.13. The standard InChI is InChI=1S/C12H15N3O/c1-8-2-3-9-10(6-8)15-11(14-9)12(13)4-5-16-7-12/h2-3,6H,4-5,7,13H2,1H3,(H,14,15). The molecule has 2 aromatic rings. The molecule has 1 aromatic carbocycles. The van der Waals surface area contributed by atoms with Crippen LogP contribution in [0.15, 0.2) is 18.2 Å². The third-order valence-electron chi connectivity index (χ3n) is 3.16. The van der Waals surface area contributed by atoms with Crippen LogP contribution in [-0.2, 0) is 10.3 Å². The van der Waals surface area contributed by atoms with E-state index in [4.69, 9.17) is 10.5 Å². The van der Waals surface area contributed by atoms with Gasteiger partial charge in [0, 0.05) is 6.61 Å². The Morgan fingerprint density at radius 3 is 3.12 bits per heavy atom. The largest absolute Gasteiger partial charge is 0.379 e. The van der Waals surface area contributed by atoms with Gasteiger partial charge < -0.3 is 15.5 Å². The SMILES string of the molecule is Cc1ccc2nc(C3(N)CCOC3)[nH]c2c1. The van der Waals surface area contributed by atoms with Crippen molar-refractivity contribution in [3.05, 3.63) is 29.6 Å². The Bertz CT molecular complexity index is 526. The second-order valence-corrected chi connectivity index (χ2v) is 4.56. The second kappa shape index (κ2) is 3.30. The Hall–Kier alpha value is -1.39. The molecule has 1 atom stereocenters. The summed E-state index contributed by atoms with van der Waals surface area (Å²) in [5, 5.41) is 0. The number of nitrogens with two attached hydrogens (primary N) is 1. The number of rotatable bonds is 1. The van der Waals surface area contributed by atoms with Crippen molar-refractivity contribution in [1.29, 1.82) is 0 Å². The molecule has 84 valence electrons. The van der Waals surface area contributed by atoms with E-state index < -0.39 is 5.54 Å². The quantitative estimate of drug-likeness (QED) is 0.759. The predicted molar refractivity (Wildman–Crippen MR) is 62.1 cm³/mol. The van der Waals surface area contributed by atoms with E-state index in [9.17, 15) is 0 Å². The highest BCUT2D eigenvalue weighted by atomic mass is 16.5. The highest BCUT2D eigenvalue weighted by molar-refractivity contribution is 5.76. The van der Waals surface area contributed by atoms with Gasteiger partial charge in [-0.1, -0.05) is 6.07 Å². The summed E-state index contributed by atoms with van der Waals surface area (Å²) >= 11 is 0. The van der Waals surface area contributed by atoms with Gasteiger partial charge in [0.2, 0.25) is 0 Å². The summed E-state index contributed by atoms with van der Waals surface area (Å²) in [6.07, 6.45) is 0.825. The van der Waals surface area contributed by atoms with Crippen LogP contribution in [0.4, 0.5) is 0 Å². The van der Waals surface area contributed by atoms with Gasteiger partial charge in [-0.15, -0.1) is 0 Å². The van der Waals surface area contributed by atoms with Gasteiger partial charge in [-0.25, -0.2) is 4.98 Å². The van der Waals surface area contributed by atoms with E-state index >= 15 is 0 Å². The third kappa shape index (κ3) is 1.42. The van der Waals surface area contributed by atoms with E-state index in [1.165, 1.54) is 5.56 Å². The first-order valence-electron chi connectivity index (χ1n) is 5.51. The maximum absolute atomic E-state index is 6.26. The minimum atomic E-state index is -0.438. The van der Waals surface area contributed by atoms with Crippen molar-refractivity contribution in [2.45, 2.75) is 18.9 Å². The van der Waals surface area contributed by atoms with Crippen LogP contribution in [0.2, 0.25) is 0 Å². The minimum absolute atomic E-state index is 0.438. The molecule has 0 aliphatic carbocycles. The molecule has 3 rings (SSSR count). The van der Waals surface area contributed by atoms with Gasteiger partial charge in [-0.2, -0.15) is 0 Å². The average Bonchev–Trinajstić information content (AvgIpc) is 2.84. The number of aryl methyl sites for hydroxylation is 1. The van der Waals surface area contributed by atoms with Crippen LogP contribution in [0.3, 0.4) is 0 Å². The van der Waals surface area contributed by atoms with Crippen LogP contribution in [0.5, 0.6) is 0 Å².